The first-order chi connectivity index (χ1) is 8.97. The summed E-state index contributed by atoms with van der Waals surface area (Å²) >= 11 is 15.1. The first kappa shape index (κ1) is 14.8. The summed E-state index contributed by atoms with van der Waals surface area (Å²) in [6.45, 7) is 0. The lowest BCUT2D eigenvalue weighted by Gasteiger charge is -2.13. The summed E-state index contributed by atoms with van der Waals surface area (Å²) in [7, 11) is 0. The zero-order valence-corrected chi connectivity index (χ0v) is 12.8. The fourth-order valence-corrected chi connectivity index (χ4v) is 2.51. The van der Waals surface area contributed by atoms with Crippen molar-refractivity contribution in [2.24, 2.45) is 0 Å². The van der Waals surface area contributed by atoms with Crippen molar-refractivity contribution in [3.8, 4) is 0 Å². The van der Waals surface area contributed by atoms with E-state index < -0.39 is 11.9 Å². The van der Waals surface area contributed by atoms with Crippen LogP contribution in [-0.2, 0) is 6.42 Å². The normalized spacial score (nSPS) is 12.5. The first-order valence-corrected chi connectivity index (χ1v) is 7.09. The third-order valence-electron chi connectivity index (χ3n) is 2.74. The van der Waals surface area contributed by atoms with Gasteiger partial charge in [-0.2, -0.15) is 0 Å². The van der Waals surface area contributed by atoms with Gasteiger partial charge in [-0.1, -0.05) is 45.2 Å². The SMILES string of the molecule is OC(Cc1cc(Cl)ccc1Cl)c1ccc(Br)cc1F. The average Bonchev–Trinajstić information content (AvgIpc) is 2.33. The molecule has 0 bridgehead atoms. The van der Waals surface area contributed by atoms with Crippen molar-refractivity contribution in [3.63, 3.8) is 0 Å². The van der Waals surface area contributed by atoms with Gasteiger partial charge in [-0.05, 0) is 35.9 Å². The zero-order valence-electron chi connectivity index (χ0n) is 9.71. The van der Waals surface area contributed by atoms with E-state index in [4.69, 9.17) is 23.2 Å². The molecule has 0 aliphatic heterocycles. The molecule has 1 nitrogen and oxygen atoms in total. The quantitative estimate of drug-likeness (QED) is 0.797. The predicted octanol–water partition coefficient (Wildman–Crippen LogP) is 5.17. The summed E-state index contributed by atoms with van der Waals surface area (Å²) in [5.41, 5.74) is 0.920. The van der Waals surface area contributed by atoms with E-state index in [0.717, 1.165) is 0 Å². The van der Waals surface area contributed by atoms with Crippen LogP contribution in [0.2, 0.25) is 10.0 Å². The topological polar surface area (TPSA) is 20.2 Å². The molecule has 0 saturated carbocycles. The van der Waals surface area contributed by atoms with Gasteiger partial charge in [0.05, 0.1) is 6.10 Å². The van der Waals surface area contributed by atoms with E-state index in [9.17, 15) is 9.50 Å². The van der Waals surface area contributed by atoms with Crippen LogP contribution < -0.4 is 0 Å². The van der Waals surface area contributed by atoms with Gasteiger partial charge in [0.2, 0.25) is 0 Å². The van der Waals surface area contributed by atoms with Crippen LogP contribution in [-0.4, -0.2) is 5.11 Å². The van der Waals surface area contributed by atoms with E-state index in [-0.39, 0.29) is 12.0 Å². The van der Waals surface area contributed by atoms with E-state index in [1.54, 1.807) is 30.3 Å². The second-order valence-corrected chi connectivity index (χ2v) is 5.88. The van der Waals surface area contributed by atoms with Gasteiger partial charge in [0.25, 0.3) is 0 Å². The lowest BCUT2D eigenvalue weighted by Crippen LogP contribution is -2.05. The van der Waals surface area contributed by atoms with Crippen LogP contribution in [0.1, 0.15) is 17.2 Å². The summed E-state index contributed by atoms with van der Waals surface area (Å²) in [6, 6.07) is 9.54. The maximum absolute atomic E-state index is 13.7. The highest BCUT2D eigenvalue weighted by Crippen LogP contribution is 2.28. The molecule has 1 unspecified atom stereocenters. The van der Waals surface area contributed by atoms with E-state index in [1.165, 1.54) is 6.07 Å². The van der Waals surface area contributed by atoms with Crippen LogP contribution in [0.4, 0.5) is 4.39 Å². The van der Waals surface area contributed by atoms with Crippen LogP contribution in [0, 0.1) is 5.82 Å². The number of aliphatic hydroxyl groups excluding tert-OH is 1. The Bertz CT molecular complexity index is 604. The van der Waals surface area contributed by atoms with E-state index in [2.05, 4.69) is 15.9 Å². The van der Waals surface area contributed by atoms with Crippen molar-refractivity contribution >= 4 is 39.1 Å². The molecule has 19 heavy (non-hydrogen) atoms. The van der Waals surface area contributed by atoms with Gasteiger partial charge in [0.15, 0.2) is 0 Å². The Morgan fingerprint density at radius 1 is 1.16 bits per heavy atom. The molecule has 0 spiro atoms. The van der Waals surface area contributed by atoms with Crippen LogP contribution in [0.15, 0.2) is 40.9 Å². The molecule has 0 aliphatic carbocycles. The smallest absolute Gasteiger partial charge is 0.130 e. The van der Waals surface area contributed by atoms with Gasteiger partial charge in [0, 0.05) is 26.5 Å². The fourth-order valence-electron chi connectivity index (χ4n) is 1.79. The molecule has 0 heterocycles. The van der Waals surface area contributed by atoms with E-state index in [0.29, 0.717) is 20.1 Å². The summed E-state index contributed by atoms with van der Waals surface area (Å²) in [6.07, 6.45) is -0.762. The number of rotatable bonds is 3. The highest BCUT2D eigenvalue weighted by Gasteiger charge is 2.15. The summed E-state index contributed by atoms with van der Waals surface area (Å²) in [4.78, 5) is 0. The maximum Gasteiger partial charge on any atom is 0.130 e. The maximum atomic E-state index is 13.7. The van der Waals surface area contributed by atoms with Crippen molar-refractivity contribution in [1.82, 2.24) is 0 Å². The van der Waals surface area contributed by atoms with Crippen LogP contribution in [0.3, 0.4) is 0 Å². The Hall–Kier alpha value is -0.610. The zero-order chi connectivity index (χ0) is 14.0. The molecule has 2 aromatic rings. The molecule has 2 aromatic carbocycles. The minimum Gasteiger partial charge on any atom is -0.388 e. The molecular weight excluding hydrogens is 354 g/mol. The molecule has 0 fully saturated rings. The van der Waals surface area contributed by atoms with E-state index >= 15 is 0 Å². The van der Waals surface area contributed by atoms with Crippen LogP contribution in [0.25, 0.3) is 0 Å². The highest BCUT2D eigenvalue weighted by atomic mass is 79.9. The second-order valence-electron chi connectivity index (χ2n) is 4.12. The third-order valence-corrected chi connectivity index (χ3v) is 3.84. The molecule has 1 N–H and O–H groups in total. The highest BCUT2D eigenvalue weighted by molar-refractivity contribution is 9.10. The largest absolute Gasteiger partial charge is 0.388 e. The molecule has 0 saturated heterocycles. The first-order valence-electron chi connectivity index (χ1n) is 5.54. The molecule has 5 heteroatoms. The minimum atomic E-state index is -0.968. The van der Waals surface area contributed by atoms with Crippen molar-refractivity contribution in [2.45, 2.75) is 12.5 Å². The Labute approximate surface area is 129 Å². The van der Waals surface area contributed by atoms with Gasteiger partial charge in [0.1, 0.15) is 5.82 Å². The monoisotopic (exact) mass is 362 g/mol. The van der Waals surface area contributed by atoms with Crippen molar-refractivity contribution in [3.05, 3.63) is 67.9 Å². The fraction of sp³-hybridized carbons (Fsp3) is 0.143. The number of halogens is 4. The van der Waals surface area contributed by atoms with Crippen LogP contribution in [0.5, 0.6) is 0 Å². The van der Waals surface area contributed by atoms with Gasteiger partial charge < -0.3 is 5.11 Å². The number of hydrogen-bond acceptors (Lipinski definition) is 1. The van der Waals surface area contributed by atoms with E-state index in [1.807, 2.05) is 0 Å². The predicted molar refractivity (Wildman–Crippen MR) is 79.2 cm³/mol. The van der Waals surface area contributed by atoms with Gasteiger partial charge in [-0.3, -0.25) is 0 Å². The molecular formula is C14H10BrCl2FO. The summed E-state index contributed by atoms with van der Waals surface area (Å²) < 4.78 is 14.4. The lowest BCUT2D eigenvalue weighted by atomic mass is 10.0. The Balaban J connectivity index is 2.25. The molecule has 1 atom stereocenters. The molecule has 0 radical (unpaired) electrons. The molecule has 0 amide bonds. The molecule has 0 aliphatic rings. The van der Waals surface area contributed by atoms with Crippen LogP contribution >= 0.6 is 39.1 Å². The van der Waals surface area contributed by atoms with Gasteiger partial charge >= 0.3 is 0 Å². The average molecular weight is 364 g/mol. The Morgan fingerprint density at radius 2 is 1.89 bits per heavy atom. The number of aliphatic hydroxyl groups is 1. The summed E-state index contributed by atoms with van der Waals surface area (Å²) in [5, 5.41) is 11.1. The molecule has 2 rings (SSSR count). The number of hydrogen-bond donors (Lipinski definition) is 1. The van der Waals surface area contributed by atoms with Gasteiger partial charge in [-0.25, -0.2) is 4.39 Å². The minimum absolute atomic E-state index is 0.206. The van der Waals surface area contributed by atoms with Crippen molar-refractivity contribution < 1.29 is 9.50 Å². The lowest BCUT2D eigenvalue weighted by molar-refractivity contribution is 0.173. The standard InChI is InChI=1S/C14H10BrCl2FO/c15-9-1-3-11(13(18)7-9)14(19)6-8-5-10(16)2-4-12(8)17/h1-5,7,14,19H,6H2. The van der Waals surface area contributed by atoms with Gasteiger partial charge in [-0.15, -0.1) is 0 Å². The van der Waals surface area contributed by atoms with Crippen molar-refractivity contribution in [1.29, 1.82) is 0 Å². The third kappa shape index (κ3) is 3.69. The Morgan fingerprint density at radius 3 is 2.58 bits per heavy atom. The Kier molecular flexibility index (Phi) is 4.85. The molecule has 100 valence electrons. The van der Waals surface area contributed by atoms with Crippen molar-refractivity contribution in [2.75, 3.05) is 0 Å². The molecule has 0 aromatic heterocycles. The second kappa shape index (κ2) is 6.23. The summed E-state index contributed by atoms with van der Waals surface area (Å²) in [5.74, 6) is -0.458. The number of benzene rings is 2.